The van der Waals surface area contributed by atoms with Crippen molar-refractivity contribution in [3.8, 4) is 5.75 Å². The third-order valence-corrected chi connectivity index (χ3v) is 2.42. The van der Waals surface area contributed by atoms with Crippen LogP contribution in [0.5, 0.6) is 5.75 Å². The molecule has 18 heavy (non-hydrogen) atoms. The Morgan fingerprint density at radius 2 is 2.06 bits per heavy atom. The van der Waals surface area contributed by atoms with E-state index in [1.165, 1.54) is 29.1 Å². The Morgan fingerprint density at radius 1 is 1.28 bits per heavy atom. The van der Waals surface area contributed by atoms with E-state index in [0.717, 1.165) is 5.56 Å². The maximum atomic E-state index is 12.3. The molecule has 0 saturated carbocycles. The first kappa shape index (κ1) is 12.5. The van der Waals surface area contributed by atoms with Crippen LogP contribution >= 0.6 is 0 Å². The zero-order chi connectivity index (χ0) is 13.2. The van der Waals surface area contributed by atoms with E-state index in [2.05, 4.69) is 4.98 Å². The lowest BCUT2D eigenvalue weighted by molar-refractivity contribution is -0.128. The number of phenols is 1. The quantitative estimate of drug-likeness (QED) is 0.916. The monoisotopic (exact) mass is 256 g/mol. The van der Waals surface area contributed by atoms with Gasteiger partial charge in [0.2, 0.25) is 0 Å². The first-order valence-corrected chi connectivity index (χ1v) is 5.29. The van der Waals surface area contributed by atoms with E-state index in [-0.39, 0.29) is 18.1 Å². The standard InChI is InChI=1S/C12H11F3N2O/c13-12(14,15)7-11-16-4-5-17(11)8-9-2-1-3-10(18)6-9/h1-6,18H,7-8H2. The highest BCUT2D eigenvalue weighted by molar-refractivity contribution is 5.27. The molecule has 3 nitrogen and oxygen atoms in total. The topological polar surface area (TPSA) is 38.0 Å². The third kappa shape index (κ3) is 3.26. The summed E-state index contributed by atoms with van der Waals surface area (Å²) < 4.78 is 38.3. The molecule has 0 atom stereocenters. The smallest absolute Gasteiger partial charge is 0.396 e. The molecule has 2 rings (SSSR count). The lowest BCUT2D eigenvalue weighted by atomic mass is 10.2. The Bertz CT molecular complexity index is 534. The number of hydrogen-bond donors (Lipinski definition) is 1. The van der Waals surface area contributed by atoms with Gasteiger partial charge in [0.05, 0.1) is 0 Å². The van der Waals surface area contributed by atoms with Gasteiger partial charge in [-0.05, 0) is 17.7 Å². The molecule has 1 aromatic heterocycles. The van der Waals surface area contributed by atoms with Crippen LogP contribution in [0, 0.1) is 0 Å². The van der Waals surface area contributed by atoms with Gasteiger partial charge in [0.15, 0.2) is 0 Å². The fourth-order valence-electron chi connectivity index (χ4n) is 1.68. The number of hydrogen-bond acceptors (Lipinski definition) is 2. The predicted octanol–water partition coefficient (Wildman–Crippen LogP) is 2.74. The van der Waals surface area contributed by atoms with Crippen LogP contribution in [0.2, 0.25) is 0 Å². The second kappa shape index (κ2) is 4.72. The van der Waals surface area contributed by atoms with Crippen molar-refractivity contribution >= 4 is 0 Å². The minimum atomic E-state index is -4.28. The van der Waals surface area contributed by atoms with Gasteiger partial charge < -0.3 is 9.67 Å². The van der Waals surface area contributed by atoms with Gasteiger partial charge in [-0.25, -0.2) is 4.98 Å². The first-order chi connectivity index (χ1) is 8.44. The molecule has 0 unspecified atom stereocenters. The predicted molar refractivity (Wildman–Crippen MR) is 59.2 cm³/mol. The van der Waals surface area contributed by atoms with Gasteiger partial charge in [-0.1, -0.05) is 12.1 Å². The van der Waals surface area contributed by atoms with Crippen LogP contribution in [0.3, 0.4) is 0 Å². The van der Waals surface area contributed by atoms with Crippen LogP contribution in [0.1, 0.15) is 11.4 Å². The zero-order valence-corrected chi connectivity index (χ0v) is 9.35. The molecule has 2 aromatic rings. The summed E-state index contributed by atoms with van der Waals surface area (Å²) in [6.07, 6.45) is -2.50. The summed E-state index contributed by atoms with van der Waals surface area (Å²) in [7, 11) is 0. The maximum absolute atomic E-state index is 12.3. The van der Waals surface area contributed by atoms with Crippen molar-refractivity contribution < 1.29 is 18.3 Å². The van der Waals surface area contributed by atoms with E-state index in [9.17, 15) is 18.3 Å². The Kier molecular flexibility index (Phi) is 3.27. The van der Waals surface area contributed by atoms with Gasteiger partial charge in [0.25, 0.3) is 0 Å². The molecule has 0 aliphatic carbocycles. The van der Waals surface area contributed by atoms with Gasteiger partial charge >= 0.3 is 6.18 Å². The number of rotatable bonds is 3. The molecule has 0 aliphatic rings. The number of aromatic hydroxyl groups is 1. The Hall–Kier alpha value is -1.98. The van der Waals surface area contributed by atoms with Gasteiger partial charge in [0, 0.05) is 18.9 Å². The second-order valence-corrected chi connectivity index (χ2v) is 3.93. The van der Waals surface area contributed by atoms with Gasteiger partial charge in [-0.2, -0.15) is 13.2 Å². The SMILES string of the molecule is Oc1cccc(Cn2ccnc2CC(F)(F)F)c1. The van der Waals surface area contributed by atoms with Crippen LogP contribution in [-0.2, 0) is 13.0 Å². The van der Waals surface area contributed by atoms with E-state index in [0.29, 0.717) is 0 Å². The number of imidazole rings is 1. The number of nitrogens with zero attached hydrogens (tertiary/aromatic N) is 2. The fraction of sp³-hybridized carbons (Fsp3) is 0.250. The molecule has 96 valence electrons. The van der Waals surface area contributed by atoms with Crippen LogP contribution < -0.4 is 0 Å². The number of phenolic OH excluding ortho intramolecular Hbond substituents is 1. The summed E-state index contributed by atoms with van der Waals surface area (Å²) >= 11 is 0. The molecule has 6 heteroatoms. The molecule has 0 saturated heterocycles. The highest BCUT2D eigenvalue weighted by atomic mass is 19.4. The Labute approximate surface area is 102 Å². The number of aromatic nitrogens is 2. The van der Waals surface area contributed by atoms with Crippen molar-refractivity contribution in [3.05, 3.63) is 48.0 Å². The van der Waals surface area contributed by atoms with E-state index in [4.69, 9.17) is 0 Å². The number of alkyl halides is 3. The zero-order valence-electron chi connectivity index (χ0n) is 9.35. The molecule has 1 heterocycles. The van der Waals surface area contributed by atoms with Crippen molar-refractivity contribution in [1.29, 1.82) is 0 Å². The van der Waals surface area contributed by atoms with E-state index in [1.807, 2.05) is 0 Å². The molecule has 1 N–H and O–H groups in total. The summed E-state index contributed by atoms with van der Waals surface area (Å²) in [5.41, 5.74) is 0.719. The van der Waals surface area contributed by atoms with Crippen molar-refractivity contribution in [2.24, 2.45) is 0 Å². The third-order valence-electron chi connectivity index (χ3n) is 2.42. The average Bonchev–Trinajstić information content (AvgIpc) is 2.63. The lowest BCUT2D eigenvalue weighted by Gasteiger charge is -2.10. The Morgan fingerprint density at radius 3 is 2.72 bits per heavy atom. The van der Waals surface area contributed by atoms with E-state index >= 15 is 0 Å². The summed E-state index contributed by atoms with van der Waals surface area (Å²) in [6, 6.07) is 6.40. The number of benzene rings is 1. The van der Waals surface area contributed by atoms with Crippen LogP contribution in [-0.4, -0.2) is 20.8 Å². The normalized spacial score (nSPS) is 11.7. The molecule has 0 fully saturated rings. The van der Waals surface area contributed by atoms with Crippen molar-refractivity contribution in [3.63, 3.8) is 0 Å². The molecule has 0 bridgehead atoms. The lowest BCUT2D eigenvalue weighted by Crippen LogP contribution is -2.16. The number of halogens is 3. The molecular weight excluding hydrogens is 245 g/mol. The van der Waals surface area contributed by atoms with Gasteiger partial charge in [-0.15, -0.1) is 0 Å². The minimum Gasteiger partial charge on any atom is -0.508 e. The van der Waals surface area contributed by atoms with Crippen LogP contribution in [0.4, 0.5) is 13.2 Å². The van der Waals surface area contributed by atoms with Crippen molar-refractivity contribution in [1.82, 2.24) is 9.55 Å². The second-order valence-electron chi connectivity index (χ2n) is 3.93. The highest BCUT2D eigenvalue weighted by Gasteiger charge is 2.30. The van der Waals surface area contributed by atoms with E-state index in [1.54, 1.807) is 12.1 Å². The molecule has 0 aliphatic heterocycles. The average molecular weight is 256 g/mol. The van der Waals surface area contributed by atoms with E-state index < -0.39 is 12.6 Å². The van der Waals surface area contributed by atoms with Crippen molar-refractivity contribution in [2.75, 3.05) is 0 Å². The molecular formula is C12H11F3N2O. The Balaban J connectivity index is 2.17. The largest absolute Gasteiger partial charge is 0.508 e. The maximum Gasteiger partial charge on any atom is 0.396 e. The van der Waals surface area contributed by atoms with Crippen LogP contribution in [0.15, 0.2) is 36.7 Å². The molecule has 0 radical (unpaired) electrons. The van der Waals surface area contributed by atoms with Gasteiger partial charge in [0.1, 0.15) is 18.0 Å². The first-order valence-electron chi connectivity index (χ1n) is 5.29. The summed E-state index contributed by atoms with van der Waals surface area (Å²) in [5.74, 6) is 0.0517. The van der Waals surface area contributed by atoms with Crippen LogP contribution in [0.25, 0.3) is 0 Å². The summed E-state index contributed by atoms with van der Waals surface area (Å²) in [6.45, 7) is 0.250. The molecule has 0 spiro atoms. The van der Waals surface area contributed by atoms with Crippen molar-refractivity contribution in [2.45, 2.75) is 19.1 Å². The highest BCUT2D eigenvalue weighted by Crippen LogP contribution is 2.21. The summed E-state index contributed by atoms with van der Waals surface area (Å²) in [4.78, 5) is 3.70. The van der Waals surface area contributed by atoms with Gasteiger partial charge in [-0.3, -0.25) is 0 Å². The fourth-order valence-corrected chi connectivity index (χ4v) is 1.68. The molecule has 0 amide bonds. The molecule has 1 aromatic carbocycles. The minimum absolute atomic E-state index is 0.0363. The summed E-state index contributed by atoms with van der Waals surface area (Å²) in [5, 5.41) is 9.29.